The van der Waals surface area contributed by atoms with Crippen LogP contribution in [0.3, 0.4) is 0 Å². The fourth-order valence-corrected chi connectivity index (χ4v) is 1.60. The van der Waals surface area contributed by atoms with E-state index in [-0.39, 0.29) is 12.2 Å². The molecule has 0 spiro atoms. The van der Waals surface area contributed by atoms with Crippen LogP contribution in [0.25, 0.3) is 0 Å². The van der Waals surface area contributed by atoms with Crippen molar-refractivity contribution in [1.29, 1.82) is 0 Å². The minimum Gasteiger partial charge on any atom is -0.497 e. The van der Waals surface area contributed by atoms with Crippen LogP contribution in [0.5, 0.6) is 5.75 Å². The Bertz CT molecular complexity index is 343. The monoisotopic (exact) mass is 250 g/mol. The quantitative estimate of drug-likeness (QED) is 0.721. The Hall–Kier alpha value is -1.32. The summed E-state index contributed by atoms with van der Waals surface area (Å²) in [5.74, 6) is 0.841. The second-order valence-electron chi connectivity index (χ2n) is 4.36. The minimum absolute atomic E-state index is 0.0123. The number of ether oxygens (including phenoxy) is 2. The SMILES string of the molecule is C=C[C@@H](CC[C@@H](C)O)OCc1ccc(OC)cc1. The summed E-state index contributed by atoms with van der Waals surface area (Å²) in [6.45, 7) is 6.08. The summed E-state index contributed by atoms with van der Waals surface area (Å²) < 4.78 is 10.8. The van der Waals surface area contributed by atoms with E-state index < -0.39 is 0 Å². The lowest BCUT2D eigenvalue weighted by Gasteiger charge is -2.15. The van der Waals surface area contributed by atoms with Crippen molar-refractivity contribution in [2.75, 3.05) is 7.11 Å². The number of hydrogen-bond acceptors (Lipinski definition) is 3. The molecule has 2 atom stereocenters. The maximum absolute atomic E-state index is 9.24. The van der Waals surface area contributed by atoms with Gasteiger partial charge in [-0.05, 0) is 37.5 Å². The van der Waals surface area contributed by atoms with E-state index in [4.69, 9.17) is 9.47 Å². The molecule has 0 saturated heterocycles. The van der Waals surface area contributed by atoms with Gasteiger partial charge >= 0.3 is 0 Å². The molecule has 0 aromatic heterocycles. The van der Waals surface area contributed by atoms with Crippen LogP contribution < -0.4 is 4.74 Å². The Morgan fingerprint density at radius 1 is 1.28 bits per heavy atom. The molecule has 100 valence electrons. The number of hydrogen-bond donors (Lipinski definition) is 1. The van der Waals surface area contributed by atoms with Crippen LogP contribution in [0.15, 0.2) is 36.9 Å². The van der Waals surface area contributed by atoms with Gasteiger partial charge in [-0.1, -0.05) is 18.2 Å². The Kier molecular flexibility index (Phi) is 6.47. The lowest BCUT2D eigenvalue weighted by molar-refractivity contribution is 0.0549. The molecular weight excluding hydrogens is 228 g/mol. The summed E-state index contributed by atoms with van der Waals surface area (Å²) in [5.41, 5.74) is 1.10. The number of rotatable bonds is 8. The largest absolute Gasteiger partial charge is 0.497 e. The third-order valence-corrected chi connectivity index (χ3v) is 2.75. The first-order chi connectivity index (χ1) is 8.65. The Labute approximate surface area is 109 Å². The number of methoxy groups -OCH3 is 1. The highest BCUT2D eigenvalue weighted by molar-refractivity contribution is 5.26. The summed E-state index contributed by atoms with van der Waals surface area (Å²) in [7, 11) is 1.65. The molecule has 18 heavy (non-hydrogen) atoms. The number of aliphatic hydroxyl groups is 1. The first-order valence-corrected chi connectivity index (χ1v) is 6.21. The standard InChI is InChI=1S/C15H22O3/c1-4-14(8-5-12(2)16)18-11-13-6-9-15(17-3)10-7-13/h4,6-7,9-10,12,14,16H,1,5,8,11H2,2-3H3/t12-,14+/m1/s1. The summed E-state index contributed by atoms with van der Waals surface area (Å²) in [6, 6.07) is 7.79. The molecule has 0 heterocycles. The van der Waals surface area contributed by atoms with E-state index in [2.05, 4.69) is 6.58 Å². The zero-order valence-electron chi connectivity index (χ0n) is 11.1. The molecule has 0 unspecified atom stereocenters. The van der Waals surface area contributed by atoms with Gasteiger partial charge in [0.05, 0.1) is 25.9 Å². The molecule has 0 aliphatic heterocycles. The van der Waals surface area contributed by atoms with Crippen molar-refractivity contribution >= 4 is 0 Å². The van der Waals surface area contributed by atoms with Crippen molar-refractivity contribution in [2.24, 2.45) is 0 Å². The highest BCUT2D eigenvalue weighted by Gasteiger charge is 2.07. The molecule has 3 heteroatoms. The summed E-state index contributed by atoms with van der Waals surface area (Å²) in [4.78, 5) is 0. The van der Waals surface area contributed by atoms with E-state index in [1.807, 2.05) is 24.3 Å². The van der Waals surface area contributed by atoms with Gasteiger partial charge in [0.2, 0.25) is 0 Å². The molecule has 1 N–H and O–H groups in total. The Morgan fingerprint density at radius 2 is 1.94 bits per heavy atom. The minimum atomic E-state index is -0.294. The molecule has 0 bridgehead atoms. The fourth-order valence-electron chi connectivity index (χ4n) is 1.60. The molecule has 0 fully saturated rings. The van der Waals surface area contributed by atoms with Crippen molar-refractivity contribution in [3.63, 3.8) is 0 Å². The Morgan fingerprint density at radius 3 is 2.44 bits per heavy atom. The first-order valence-electron chi connectivity index (χ1n) is 6.21. The van der Waals surface area contributed by atoms with Gasteiger partial charge in [-0.15, -0.1) is 6.58 Å². The molecule has 0 aliphatic rings. The van der Waals surface area contributed by atoms with Gasteiger partial charge in [-0.2, -0.15) is 0 Å². The van der Waals surface area contributed by atoms with Crippen LogP contribution in [0.2, 0.25) is 0 Å². The lowest BCUT2D eigenvalue weighted by atomic mass is 10.1. The molecule has 3 nitrogen and oxygen atoms in total. The fraction of sp³-hybridized carbons (Fsp3) is 0.467. The van der Waals surface area contributed by atoms with Gasteiger partial charge in [0, 0.05) is 0 Å². The summed E-state index contributed by atoms with van der Waals surface area (Å²) >= 11 is 0. The molecular formula is C15H22O3. The van der Waals surface area contributed by atoms with Crippen molar-refractivity contribution < 1.29 is 14.6 Å². The van der Waals surface area contributed by atoms with Crippen LogP contribution in [0.4, 0.5) is 0 Å². The molecule has 1 aromatic carbocycles. The van der Waals surface area contributed by atoms with Crippen LogP contribution >= 0.6 is 0 Å². The van der Waals surface area contributed by atoms with E-state index in [0.29, 0.717) is 6.61 Å². The van der Waals surface area contributed by atoms with Crippen LogP contribution in [0.1, 0.15) is 25.3 Å². The van der Waals surface area contributed by atoms with Crippen molar-refractivity contribution in [3.8, 4) is 5.75 Å². The molecule has 1 aromatic rings. The van der Waals surface area contributed by atoms with Gasteiger partial charge in [-0.25, -0.2) is 0 Å². The molecule has 0 amide bonds. The van der Waals surface area contributed by atoms with Crippen LogP contribution in [0, 0.1) is 0 Å². The predicted molar refractivity (Wildman–Crippen MR) is 72.7 cm³/mol. The maximum atomic E-state index is 9.24. The second kappa shape index (κ2) is 7.90. The maximum Gasteiger partial charge on any atom is 0.118 e. The average Bonchev–Trinajstić information content (AvgIpc) is 2.39. The molecule has 0 saturated carbocycles. The van der Waals surface area contributed by atoms with Crippen LogP contribution in [-0.4, -0.2) is 24.4 Å². The molecule has 0 radical (unpaired) electrons. The topological polar surface area (TPSA) is 38.7 Å². The number of benzene rings is 1. The highest BCUT2D eigenvalue weighted by Crippen LogP contribution is 2.14. The van der Waals surface area contributed by atoms with E-state index in [1.54, 1.807) is 20.1 Å². The van der Waals surface area contributed by atoms with Gasteiger partial charge in [0.25, 0.3) is 0 Å². The Balaban J connectivity index is 2.39. The zero-order valence-corrected chi connectivity index (χ0v) is 11.1. The zero-order chi connectivity index (χ0) is 13.4. The van der Waals surface area contributed by atoms with Crippen molar-refractivity contribution in [2.45, 2.75) is 38.6 Å². The highest BCUT2D eigenvalue weighted by atomic mass is 16.5. The van der Waals surface area contributed by atoms with E-state index in [9.17, 15) is 5.11 Å². The van der Waals surface area contributed by atoms with E-state index in [1.165, 1.54) is 0 Å². The van der Waals surface area contributed by atoms with Gasteiger partial charge in [0.1, 0.15) is 5.75 Å². The lowest BCUT2D eigenvalue weighted by Crippen LogP contribution is -2.12. The van der Waals surface area contributed by atoms with E-state index >= 15 is 0 Å². The first kappa shape index (κ1) is 14.7. The van der Waals surface area contributed by atoms with E-state index in [0.717, 1.165) is 24.2 Å². The smallest absolute Gasteiger partial charge is 0.118 e. The molecule has 0 aliphatic carbocycles. The average molecular weight is 250 g/mol. The van der Waals surface area contributed by atoms with Gasteiger partial charge in [0.15, 0.2) is 0 Å². The van der Waals surface area contributed by atoms with Gasteiger partial charge in [-0.3, -0.25) is 0 Å². The van der Waals surface area contributed by atoms with Crippen molar-refractivity contribution in [3.05, 3.63) is 42.5 Å². The third kappa shape index (κ3) is 5.34. The van der Waals surface area contributed by atoms with Gasteiger partial charge < -0.3 is 14.6 Å². The summed E-state index contributed by atoms with van der Waals surface area (Å²) in [5, 5.41) is 9.24. The summed E-state index contributed by atoms with van der Waals surface area (Å²) in [6.07, 6.45) is 2.99. The molecule has 1 rings (SSSR count). The van der Waals surface area contributed by atoms with Crippen LogP contribution in [-0.2, 0) is 11.3 Å². The second-order valence-corrected chi connectivity index (χ2v) is 4.36. The van der Waals surface area contributed by atoms with Crippen molar-refractivity contribution in [1.82, 2.24) is 0 Å². The third-order valence-electron chi connectivity index (χ3n) is 2.75. The normalized spacial score (nSPS) is 13.9. The predicted octanol–water partition coefficient (Wildman–Crippen LogP) is 2.93. The number of aliphatic hydroxyl groups excluding tert-OH is 1.